The Hall–Kier alpha value is -1.31. The lowest BCUT2D eigenvalue weighted by Crippen LogP contribution is -2.12. The highest BCUT2D eigenvalue weighted by molar-refractivity contribution is 5.68. The summed E-state index contributed by atoms with van der Waals surface area (Å²) in [6.45, 7) is 8.46. The van der Waals surface area contributed by atoms with Gasteiger partial charge in [-0.25, -0.2) is 0 Å². The topological polar surface area (TPSA) is 37.3 Å². The van der Waals surface area contributed by atoms with Crippen LogP contribution in [0.4, 0.5) is 0 Å². The third-order valence-corrected chi connectivity index (χ3v) is 3.23. The summed E-state index contributed by atoms with van der Waals surface area (Å²) >= 11 is 0. The second-order valence-corrected chi connectivity index (χ2v) is 5.27. The number of benzene rings is 1. The molecular weight excluding hydrogens is 212 g/mol. The highest BCUT2D eigenvalue weighted by Gasteiger charge is 2.19. The first-order valence-corrected chi connectivity index (χ1v) is 6.23. The number of aliphatic carboxylic acids is 1. The maximum atomic E-state index is 10.9. The van der Waals surface area contributed by atoms with Gasteiger partial charge in [0.1, 0.15) is 0 Å². The Morgan fingerprint density at radius 3 is 1.88 bits per heavy atom. The lowest BCUT2D eigenvalue weighted by atomic mass is 9.85. The molecule has 1 aromatic rings. The molecule has 0 aliphatic rings. The zero-order chi connectivity index (χ0) is 13.0. The highest BCUT2D eigenvalue weighted by Crippen LogP contribution is 2.29. The van der Waals surface area contributed by atoms with Gasteiger partial charge in [-0.1, -0.05) is 52.0 Å². The molecule has 94 valence electrons. The van der Waals surface area contributed by atoms with Crippen LogP contribution in [-0.4, -0.2) is 11.1 Å². The number of carbonyl (C=O) groups is 1. The van der Waals surface area contributed by atoms with Crippen molar-refractivity contribution in [3.63, 3.8) is 0 Å². The smallest absolute Gasteiger partial charge is 0.303 e. The molecule has 0 aliphatic heterocycles. The second kappa shape index (κ2) is 5.85. The summed E-state index contributed by atoms with van der Waals surface area (Å²) in [7, 11) is 0. The molecule has 0 aliphatic carbocycles. The van der Waals surface area contributed by atoms with Crippen LogP contribution < -0.4 is 0 Å². The summed E-state index contributed by atoms with van der Waals surface area (Å²) in [4.78, 5) is 10.9. The predicted molar refractivity (Wildman–Crippen MR) is 70.4 cm³/mol. The average Bonchev–Trinajstić information content (AvgIpc) is 2.25. The van der Waals surface area contributed by atoms with Gasteiger partial charge in [-0.05, 0) is 28.9 Å². The normalized spacial score (nSPS) is 13.1. The SMILES string of the molecule is CC(C)c1ccc([C@H](CC(=O)O)C(C)C)cc1. The van der Waals surface area contributed by atoms with Gasteiger partial charge in [0.25, 0.3) is 0 Å². The van der Waals surface area contributed by atoms with Crippen molar-refractivity contribution in [1.29, 1.82) is 0 Å². The van der Waals surface area contributed by atoms with Crippen molar-refractivity contribution in [2.75, 3.05) is 0 Å². The van der Waals surface area contributed by atoms with E-state index < -0.39 is 5.97 Å². The van der Waals surface area contributed by atoms with Gasteiger partial charge in [0.05, 0.1) is 6.42 Å². The van der Waals surface area contributed by atoms with Crippen LogP contribution in [0, 0.1) is 5.92 Å². The quantitative estimate of drug-likeness (QED) is 0.835. The number of hydrogen-bond acceptors (Lipinski definition) is 1. The van der Waals surface area contributed by atoms with E-state index in [1.165, 1.54) is 5.56 Å². The molecule has 0 radical (unpaired) electrons. The van der Waals surface area contributed by atoms with E-state index in [9.17, 15) is 4.79 Å². The molecule has 1 rings (SSSR count). The molecule has 17 heavy (non-hydrogen) atoms. The van der Waals surface area contributed by atoms with Gasteiger partial charge in [0.15, 0.2) is 0 Å². The lowest BCUT2D eigenvalue weighted by Gasteiger charge is -2.20. The van der Waals surface area contributed by atoms with Crippen molar-refractivity contribution in [2.24, 2.45) is 5.92 Å². The van der Waals surface area contributed by atoms with Crippen LogP contribution in [0.5, 0.6) is 0 Å². The molecular formula is C15H22O2. The summed E-state index contributed by atoms with van der Waals surface area (Å²) in [5.41, 5.74) is 2.43. The van der Waals surface area contributed by atoms with Crippen LogP contribution in [0.3, 0.4) is 0 Å². The van der Waals surface area contributed by atoms with E-state index in [4.69, 9.17) is 5.11 Å². The van der Waals surface area contributed by atoms with E-state index >= 15 is 0 Å². The van der Waals surface area contributed by atoms with Gasteiger partial charge in [0.2, 0.25) is 0 Å². The molecule has 0 fully saturated rings. The molecule has 0 amide bonds. The van der Waals surface area contributed by atoms with E-state index in [0.29, 0.717) is 11.8 Å². The molecule has 0 bridgehead atoms. The fourth-order valence-corrected chi connectivity index (χ4v) is 2.05. The summed E-state index contributed by atoms with van der Waals surface area (Å²) in [6, 6.07) is 8.36. The van der Waals surface area contributed by atoms with Crippen LogP contribution in [-0.2, 0) is 4.79 Å². The van der Waals surface area contributed by atoms with Crippen molar-refractivity contribution in [3.8, 4) is 0 Å². The molecule has 0 saturated heterocycles. The molecule has 0 aromatic heterocycles. The fraction of sp³-hybridized carbons (Fsp3) is 0.533. The van der Waals surface area contributed by atoms with E-state index in [1.807, 2.05) is 0 Å². The van der Waals surface area contributed by atoms with E-state index in [0.717, 1.165) is 5.56 Å². The van der Waals surface area contributed by atoms with Gasteiger partial charge in [-0.2, -0.15) is 0 Å². The fourth-order valence-electron chi connectivity index (χ4n) is 2.05. The minimum atomic E-state index is -0.725. The first-order valence-electron chi connectivity index (χ1n) is 6.23. The van der Waals surface area contributed by atoms with Crippen LogP contribution in [0.1, 0.15) is 57.1 Å². The van der Waals surface area contributed by atoms with Crippen LogP contribution >= 0.6 is 0 Å². The zero-order valence-corrected chi connectivity index (χ0v) is 11.1. The minimum Gasteiger partial charge on any atom is -0.481 e. The first kappa shape index (κ1) is 13.8. The maximum Gasteiger partial charge on any atom is 0.303 e. The van der Waals surface area contributed by atoms with E-state index in [2.05, 4.69) is 52.0 Å². The molecule has 0 unspecified atom stereocenters. The first-order chi connectivity index (χ1) is 7.91. The summed E-state index contributed by atoms with van der Waals surface area (Å²) in [5, 5.41) is 8.94. The Bertz CT molecular complexity index is 363. The highest BCUT2D eigenvalue weighted by atomic mass is 16.4. The van der Waals surface area contributed by atoms with Gasteiger partial charge in [-0.3, -0.25) is 4.79 Å². The maximum absolute atomic E-state index is 10.9. The van der Waals surface area contributed by atoms with Gasteiger partial charge < -0.3 is 5.11 Å². The minimum absolute atomic E-state index is 0.105. The van der Waals surface area contributed by atoms with Gasteiger partial charge >= 0.3 is 5.97 Å². The third kappa shape index (κ3) is 3.88. The Labute approximate surface area is 104 Å². The summed E-state index contributed by atoms with van der Waals surface area (Å²) in [6.07, 6.45) is 0.207. The predicted octanol–water partition coefficient (Wildman–Crippen LogP) is 4.02. The second-order valence-electron chi connectivity index (χ2n) is 5.27. The van der Waals surface area contributed by atoms with Crippen LogP contribution in [0.15, 0.2) is 24.3 Å². The Morgan fingerprint density at radius 1 is 1.06 bits per heavy atom. The Kier molecular flexibility index (Phi) is 4.73. The third-order valence-electron chi connectivity index (χ3n) is 3.23. The monoisotopic (exact) mass is 234 g/mol. The van der Waals surface area contributed by atoms with Crippen molar-refractivity contribution >= 4 is 5.97 Å². The summed E-state index contributed by atoms with van der Waals surface area (Å²) in [5.74, 6) is 0.238. The van der Waals surface area contributed by atoms with Gasteiger partial charge in [-0.15, -0.1) is 0 Å². The standard InChI is InChI=1S/C15H22O2/c1-10(2)12-5-7-13(8-6-12)14(11(3)4)9-15(16)17/h5-8,10-11,14H,9H2,1-4H3,(H,16,17)/t14-/m1/s1. The molecule has 2 heteroatoms. The molecule has 0 spiro atoms. The largest absolute Gasteiger partial charge is 0.481 e. The molecule has 0 heterocycles. The van der Waals surface area contributed by atoms with Crippen LogP contribution in [0.2, 0.25) is 0 Å². The number of rotatable bonds is 5. The van der Waals surface area contributed by atoms with Crippen molar-refractivity contribution < 1.29 is 9.90 Å². The molecule has 2 nitrogen and oxygen atoms in total. The summed E-state index contributed by atoms with van der Waals surface area (Å²) < 4.78 is 0. The Morgan fingerprint density at radius 2 is 1.53 bits per heavy atom. The number of carboxylic acids is 1. The molecule has 1 N–H and O–H groups in total. The molecule has 0 saturated carbocycles. The van der Waals surface area contributed by atoms with Crippen LogP contribution in [0.25, 0.3) is 0 Å². The van der Waals surface area contributed by atoms with Crippen molar-refractivity contribution in [3.05, 3.63) is 35.4 Å². The average molecular weight is 234 g/mol. The zero-order valence-electron chi connectivity index (χ0n) is 11.1. The van der Waals surface area contributed by atoms with Crippen molar-refractivity contribution in [1.82, 2.24) is 0 Å². The number of carboxylic acid groups (broad SMARTS) is 1. The molecule has 1 aromatic carbocycles. The Balaban J connectivity index is 2.91. The number of hydrogen-bond donors (Lipinski definition) is 1. The van der Waals surface area contributed by atoms with Gasteiger partial charge in [0, 0.05) is 0 Å². The van der Waals surface area contributed by atoms with E-state index in [1.54, 1.807) is 0 Å². The lowest BCUT2D eigenvalue weighted by molar-refractivity contribution is -0.137. The molecule has 1 atom stereocenters. The van der Waals surface area contributed by atoms with E-state index in [-0.39, 0.29) is 12.3 Å². The van der Waals surface area contributed by atoms with Crippen molar-refractivity contribution in [2.45, 2.75) is 46.0 Å².